The zero-order valence-electron chi connectivity index (χ0n) is 13.5. The van der Waals surface area contributed by atoms with Gasteiger partial charge in [-0.25, -0.2) is 0 Å². The Morgan fingerprint density at radius 1 is 1.35 bits per heavy atom. The topological polar surface area (TPSA) is 32.3 Å². The van der Waals surface area contributed by atoms with Crippen LogP contribution >= 0.6 is 0 Å². The molecule has 23 heavy (non-hydrogen) atoms. The van der Waals surface area contributed by atoms with Gasteiger partial charge in [0.25, 0.3) is 0 Å². The average Bonchev–Trinajstić information content (AvgIpc) is 2.84. The zero-order chi connectivity index (χ0) is 17.0. The summed E-state index contributed by atoms with van der Waals surface area (Å²) in [5.74, 6) is 0.197. The highest BCUT2D eigenvalue weighted by Crippen LogP contribution is 2.29. The highest BCUT2D eigenvalue weighted by atomic mass is 19.4. The molecule has 1 fully saturated rings. The first-order chi connectivity index (χ1) is 10.8. The fourth-order valence-electron chi connectivity index (χ4n) is 3.11. The van der Waals surface area contributed by atoms with Crippen molar-refractivity contribution in [2.45, 2.75) is 57.9 Å². The van der Waals surface area contributed by atoms with E-state index in [9.17, 15) is 18.0 Å². The Balaban J connectivity index is 1.81. The Hall–Kier alpha value is -1.56. The lowest BCUT2D eigenvalue weighted by Crippen LogP contribution is -2.40. The van der Waals surface area contributed by atoms with Crippen molar-refractivity contribution in [2.75, 3.05) is 6.54 Å². The molecule has 0 aliphatic carbocycles. The second kappa shape index (κ2) is 7.34. The highest BCUT2D eigenvalue weighted by Gasteiger charge is 2.32. The highest BCUT2D eigenvalue weighted by molar-refractivity contribution is 5.79. The second-order valence-corrected chi connectivity index (χ2v) is 6.25. The van der Waals surface area contributed by atoms with Crippen LogP contribution in [0.3, 0.4) is 0 Å². The third-order valence-electron chi connectivity index (χ3n) is 4.17. The van der Waals surface area contributed by atoms with E-state index in [4.69, 9.17) is 0 Å². The van der Waals surface area contributed by atoms with Gasteiger partial charge in [-0.3, -0.25) is 4.79 Å². The van der Waals surface area contributed by atoms with Gasteiger partial charge in [0.1, 0.15) is 0 Å². The van der Waals surface area contributed by atoms with Crippen LogP contribution < -0.4 is 5.32 Å². The minimum atomic E-state index is -4.31. The average molecular weight is 328 g/mol. The van der Waals surface area contributed by atoms with Crippen molar-refractivity contribution < 1.29 is 18.0 Å². The summed E-state index contributed by atoms with van der Waals surface area (Å²) in [6.07, 6.45) is -2.03. The molecule has 1 aliphatic heterocycles. The Morgan fingerprint density at radius 2 is 2.09 bits per heavy atom. The number of carbonyl (C=O) groups excluding carboxylic acids is 1. The van der Waals surface area contributed by atoms with E-state index in [1.165, 1.54) is 12.1 Å². The number of hydrogen-bond donors (Lipinski definition) is 1. The molecule has 3 nitrogen and oxygen atoms in total. The van der Waals surface area contributed by atoms with Gasteiger partial charge in [0, 0.05) is 25.0 Å². The van der Waals surface area contributed by atoms with E-state index in [0.717, 1.165) is 18.9 Å². The lowest BCUT2D eigenvalue weighted by atomic mass is 10.1. The van der Waals surface area contributed by atoms with E-state index in [1.807, 2.05) is 18.7 Å². The molecule has 2 rings (SSSR count). The molecule has 1 amide bonds. The van der Waals surface area contributed by atoms with Crippen LogP contribution in [0.25, 0.3) is 0 Å². The normalized spacial score (nSPS) is 19.0. The van der Waals surface area contributed by atoms with Crippen LogP contribution in [0.2, 0.25) is 0 Å². The maximum atomic E-state index is 12.7. The maximum Gasteiger partial charge on any atom is 0.416 e. The molecule has 1 aromatic rings. The molecule has 0 aromatic heterocycles. The molecule has 6 heteroatoms. The SMILES string of the molecule is CC(C)N1C(=O)CCC1CCNCc1cccc(C(F)(F)F)c1. The number of rotatable bonds is 6. The molecular formula is C17H23F3N2O. The van der Waals surface area contributed by atoms with Crippen molar-refractivity contribution in [2.24, 2.45) is 0 Å². The monoisotopic (exact) mass is 328 g/mol. The summed E-state index contributed by atoms with van der Waals surface area (Å²) in [5.41, 5.74) is -0.00721. The van der Waals surface area contributed by atoms with E-state index < -0.39 is 11.7 Å². The molecule has 1 saturated heterocycles. The smallest absolute Gasteiger partial charge is 0.337 e. The summed E-state index contributed by atoms with van der Waals surface area (Å²) in [6.45, 7) is 5.09. The van der Waals surface area contributed by atoms with Crippen LogP contribution in [0.4, 0.5) is 13.2 Å². The molecule has 0 radical (unpaired) electrons. The van der Waals surface area contributed by atoms with Crippen molar-refractivity contribution in [3.8, 4) is 0 Å². The van der Waals surface area contributed by atoms with Gasteiger partial charge in [0.15, 0.2) is 0 Å². The van der Waals surface area contributed by atoms with Crippen molar-refractivity contribution in [1.29, 1.82) is 0 Å². The third-order valence-corrected chi connectivity index (χ3v) is 4.17. The predicted octanol–water partition coefficient (Wildman–Crippen LogP) is 3.58. The Kier molecular flexibility index (Phi) is 5.68. The summed E-state index contributed by atoms with van der Waals surface area (Å²) >= 11 is 0. The Morgan fingerprint density at radius 3 is 2.74 bits per heavy atom. The zero-order valence-corrected chi connectivity index (χ0v) is 13.5. The van der Waals surface area contributed by atoms with Crippen molar-refractivity contribution in [3.05, 3.63) is 35.4 Å². The lowest BCUT2D eigenvalue weighted by Gasteiger charge is -2.28. The molecule has 0 saturated carbocycles. The van der Waals surface area contributed by atoms with Crippen LogP contribution in [0.5, 0.6) is 0 Å². The number of amides is 1. The predicted molar refractivity (Wildman–Crippen MR) is 82.8 cm³/mol. The van der Waals surface area contributed by atoms with Gasteiger partial charge < -0.3 is 10.2 Å². The first-order valence-electron chi connectivity index (χ1n) is 7.97. The van der Waals surface area contributed by atoms with E-state index in [2.05, 4.69) is 5.32 Å². The summed E-state index contributed by atoms with van der Waals surface area (Å²) in [7, 11) is 0. The first-order valence-corrected chi connectivity index (χ1v) is 7.97. The molecule has 0 spiro atoms. The van der Waals surface area contributed by atoms with Gasteiger partial charge in [0.05, 0.1) is 5.56 Å². The fraction of sp³-hybridized carbons (Fsp3) is 0.588. The lowest BCUT2D eigenvalue weighted by molar-refractivity contribution is -0.137. The number of nitrogens with zero attached hydrogens (tertiary/aromatic N) is 1. The van der Waals surface area contributed by atoms with Crippen LogP contribution in [0.1, 0.15) is 44.2 Å². The molecule has 128 valence electrons. The van der Waals surface area contributed by atoms with Gasteiger partial charge in [0.2, 0.25) is 5.91 Å². The quantitative estimate of drug-likeness (QED) is 0.810. The summed E-state index contributed by atoms with van der Waals surface area (Å²) < 4.78 is 38.0. The number of nitrogens with one attached hydrogen (secondary N) is 1. The van der Waals surface area contributed by atoms with E-state index in [1.54, 1.807) is 6.07 Å². The molecule has 1 atom stereocenters. The van der Waals surface area contributed by atoms with Gasteiger partial charge in [-0.15, -0.1) is 0 Å². The van der Waals surface area contributed by atoms with Crippen LogP contribution in [-0.4, -0.2) is 29.4 Å². The van der Waals surface area contributed by atoms with Crippen LogP contribution in [0, 0.1) is 0 Å². The van der Waals surface area contributed by atoms with Gasteiger partial charge in [-0.1, -0.05) is 18.2 Å². The van der Waals surface area contributed by atoms with E-state index in [-0.39, 0.29) is 18.0 Å². The number of alkyl halides is 3. The number of benzene rings is 1. The van der Waals surface area contributed by atoms with E-state index in [0.29, 0.717) is 25.1 Å². The molecule has 0 bridgehead atoms. The summed E-state index contributed by atoms with van der Waals surface area (Å²) in [5, 5.41) is 3.18. The molecule has 1 aromatic carbocycles. The van der Waals surface area contributed by atoms with Crippen molar-refractivity contribution in [3.63, 3.8) is 0 Å². The van der Waals surface area contributed by atoms with E-state index >= 15 is 0 Å². The van der Waals surface area contributed by atoms with Crippen LogP contribution in [0.15, 0.2) is 24.3 Å². The largest absolute Gasteiger partial charge is 0.416 e. The Labute approximate surface area is 134 Å². The van der Waals surface area contributed by atoms with Crippen LogP contribution in [-0.2, 0) is 17.5 Å². The van der Waals surface area contributed by atoms with Gasteiger partial charge >= 0.3 is 6.18 Å². The Bertz CT molecular complexity index is 543. The molecule has 1 heterocycles. The minimum Gasteiger partial charge on any atom is -0.337 e. The number of hydrogen-bond acceptors (Lipinski definition) is 2. The standard InChI is InChI=1S/C17H23F3N2O/c1-12(2)22-15(6-7-16(22)23)8-9-21-11-13-4-3-5-14(10-13)17(18,19)20/h3-5,10,12,15,21H,6-9,11H2,1-2H3. The molecule has 1 unspecified atom stereocenters. The maximum absolute atomic E-state index is 12.7. The fourth-order valence-corrected chi connectivity index (χ4v) is 3.11. The molecule has 1 N–H and O–H groups in total. The number of halogens is 3. The third kappa shape index (κ3) is 4.70. The summed E-state index contributed by atoms with van der Waals surface area (Å²) in [4.78, 5) is 13.7. The number of likely N-dealkylation sites (tertiary alicyclic amines) is 1. The molecule has 1 aliphatic rings. The molecular weight excluding hydrogens is 305 g/mol. The minimum absolute atomic E-state index is 0.193. The van der Waals surface area contributed by atoms with Gasteiger partial charge in [-0.05, 0) is 44.9 Å². The van der Waals surface area contributed by atoms with Crippen molar-refractivity contribution >= 4 is 5.91 Å². The van der Waals surface area contributed by atoms with Crippen molar-refractivity contribution in [1.82, 2.24) is 10.2 Å². The second-order valence-electron chi connectivity index (χ2n) is 6.25. The van der Waals surface area contributed by atoms with Gasteiger partial charge in [-0.2, -0.15) is 13.2 Å². The number of carbonyl (C=O) groups is 1. The summed E-state index contributed by atoms with van der Waals surface area (Å²) in [6, 6.07) is 5.79. The first kappa shape index (κ1) is 17.8.